The number of carbonyl (C=O) groups is 1. The summed E-state index contributed by atoms with van der Waals surface area (Å²) >= 11 is 0. The SMILES string of the molecule is COc1cc(NC(C)C(=O)N(C)C2CCCCC2)cc(OC)c1. The van der Waals surface area contributed by atoms with Crippen molar-refractivity contribution >= 4 is 11.6 Å². The van der Waals surface area contributed by atoms with Crippen molar-refractivity contribution in [3.63, 3.8) is 0 Å². The maximum absolute atomic E-state index is 12.7. The van der Waals surface area contributed by atoms with Crippen LogP contribution in [0.1, 0.15) is 39.0 Å². The van der Waals surface area contributed by atoms with Crippen LogP contribution in [0.2, 0.25) is 0 Å². The summed E-state index contributed by atoms with van der Waals surface area (Å²) in [6.07, 6.45) is 5.95. The molecule has 23 heavy (non-hydrogen) atoms. The minimum Gasteiger partial charge on any atom is -0.497 e. The first-order chi connectivity index (χ1) is 11.0. The van der Waals surface area contributed by atoms with E-state index >= 15 is 0 Å². The molecule has 0 spiro atoms. The minimum absolute atomic E-state index is 0.124. The van der Waals surface area contributed by atoms with Gasteiger partial charge in [-0.2, -0.15) is 0 Å². The number of ether oxygens (including phenoxy) is 2. The molecule has 0 radical (unpaired) electrons. The number of nitrogens with one attached hydrogen (secondary N) is 1. The van der Waals surface area contributed by atoms with Crippen LogP contribution < -0.4 is 14.8 Å². The van der Waals surface area contributed by atoms with Gasteiger partial charge in [0.1, 0.15) is 17.5 Å². The molecule has 1 saturated carbocycles. The molecule has 1 aliphatic carbocycles. The molecule has 1 fully saturated rings. The van der Waals surface area contributed by atoms with Crippen molar-refractivity contribution in [2.75, 3.05) is 26.6 Å². The highest BCUT2D eigenvalue weighted by molar-refractivity contribution is 5.84. The Kier molecular flexibility index (Phi) is 6.13. The number of methoxy groups -OCH3 is 2. The van der Waals surface area contributed by atoms with E-state index in [1.54, 1.807) is 14.2 Å². The van der Waals surface area contributed by atoms with E-state index in [1.165, 1.54) is 19.3 Å². The molecule has 1 aliphatic rings. The highest BCUT2D eigenvalue weighted by Gasteiger charge is 2.25. The van der Waals surface area contributed by atoms with Crippen LogP contribution in [0.5, 0.6) is 11.5 Å². The van der Waals surface area contributed by atoms with E-state index < -0.39 is 0 Å². The van der Waals surface area contributed by atoms with Gasteiger partial charge in [0.15, 0.2) is 0 Å². The molecule has 0 bridgehead atoms. The number of nitrogens with zero attached hydrogens (tertiary/aromatic N) is 1. The summed E-state index contributed by atoms with van der Waals surface area (Å²) in [6.45, 7) is 1.90. The number of hydrogen-bond donors (Lipinski definition) is 1. The van der Waals surface area contributed by atoms with Gasteiger partial charge in [-0.15, -0.1) is 0 Å². The quantitative estimate of drug-likeness (QED) is 0.874. The van der Waals surface area contributed by atoms with Crippen LogP contribution in [0.25, 0.3) is 0 Å². The Balaban J connectivity index is 2.02. The van der Waals surface area contributed by atoms with Crippen molar-refractivity contribution in [1.29, 1.82) is 0 Å². The van der Waals surface area contributed by atoms with E-state index in [4.69, 9.17) is 9.47 Å². The van der Waals surface area contributed by atoms with Crippen molar-refractivity contribution in [3.8, 4) is 11.5 Å². The van der Waals surface area contributed by atoms with Gasteiger partial charge in [-0.3, -0.25) is 4.79 Å². The standard InChI is InChI=1S/C18H28N2O3/c1-13(18(21)20(2)15-8-6-5-7-9-15)19-14-10-16(22-3)12-17(11-14)23-4/h10-13,15,19H,5-9H2,1-4H3. The Labute approximate surface area is 139 Å². The lowest BCUT2D eigenvalue weighted by Gasteiger charge is -2.33. The number of carbonyl (C=O) groups excluding carboxylic acids is 1. The Bertz CT molecular complexity index is 505. The van der Waals surface area contributed by atoms with Crippen molar-refractivity contribution < 1.29 is 14.3 Å². The van der Waals surface area contributed by atoms with Gasteiger partial charge in [-0.05, 0) is 19.8 Å². The van der Waals surface area contributed by atoms with Crippen LogP contribution in [0.3, 0.4) is 0 Å². The van der Waals surface area contributed by atoms with Crippen LogP contribution in [0.4, 0.5) is 5.69 Å². The van der Waals surface area contributed by atoms with E-state index in [0.29, 0.717) is 17.5 Å². The van der Waals surface area contributed by atoms with Crippen molar-refractivity contribution in [3.05, 3.63) is 18.2 Å². The number of rotatable bonds is 6. The number of hydrogen-bond acceptors (Lipinski definition) is 4. The molecule has 128 valence electrons. The zero-order valence-corrected chi connectivity index (χ0v) is 14.6. The fraction of sp³-hybridized carbons (Fsp3) is 0.611. The largest absolute Gasteiger partial charge is 0.497 e. The van der Waals surface area contributed by atoms with Crippen LogP contribution >= 0.6 is 0 Å². The predicted molar refractivity (Wildman–Crippen MR) is 92.3 cm³/mol. The Morgan fingerprint density at radius 1 is 1.13 bits per heavy atom. The fourth-order valence-electron chi connectivity index (χ4n) is 3.16. The monoisotopic (exact) mass is 320 g/mol. The molecule has 1 aromatic rings. The summed E-state index contributed by atoms with van der Waals surface area (Å²) in [6, 6.07) is 5.63. The van der Waals surface area contributed by atoms with Crippen LogP contribution in [0, 0.1) is 0 Å². The van der Waals surface area contributed by atoms with Crippen molar-refractivity contribution in [2.24, 2.45) is 0 Å². The first kappa shape index (κ1) is 17.4. The number of likely N-dealkylation sites (N-methyl/N-ethyl adjacent to an activating group) is 1. The summed E-state index contributed by atoms with van der Waals surface area (Å²) in [5, 5.41) is 3.26. The van der Waals surface area contributed by atoms with Gasteiger partial charge < -0.3 is 19.7 Å². The zero-order chi connectivity index (χ0) is 16.8. The van der Waals surface area contributed by atoms with E-state index in [2.05, 4.69) is 5.32 Å². The summed E-state index contributed by atoms with van der Waals surface area (Å²) < 4.78 is 10.5. The summed E-state index contributed by atoms with van der Waals surface area (Å²) in [4.78, 5) is 14.6. The Morgan fingerprint density at radius 2 is 1.70 bits per heavy atom. The third-order valence-electron chi connectivity index (χ3n) is 4.58. The Hall–Kier alpha value is -1.91. The molecule has 2 rings (SSSR count). The third-order valence-corrected chi connectivity index (χ3v) is 4.58. The van der Waals surface area contributed by atoms with E-state index in [-0.39, 0.29) is 11.9 Å². The number of amides is 1. The lowest BCUT2D eigenvalue weighted by molar-refractivity contribution is -0.133. The van der Waals surface area contributed by atoms with Crippen molar-refractivity contribution in [1.82, 2.24) is 4.90 Å². The molecule has 1 aromatic carbocycles. The van der Waals surface area contributed by atoms with Gasteiger partial charge >= 0.3 is 0 Å². The highest BCUT2D eigenvalue weighted by Crippen LogP contribution is 2.27. The van der Waals surface area contributed by atoms with E-state index in [1.807, 2.05) is 37.1 Å². The highest BCUT2D eigenvalue weighted by atomic mass is 16.5. The smallest absolute Gasteiger partial charge is 0.244 e. The predicted octanol–water partition coefficient (Wildman–Crippen LogP) is 3.30. The second-order valence-corrected chi connectivity index (χ2v) is 6.21. The average Bonchev–Trinajstić information content (AvgIpc) is 2.60. The maximum Gasteiger partial charge on any atom is 0.244 e. The molecule has 0 aliphatic heterocycles. The fourth-order valence-corrected chi connectivity index (χ4v) is 3.16. The zero-order valence-electron chi connectivity index (χ0n) is 14.6. The summed E-state index contributed by atoms with van der Waals surface area (Å²) in [5.74, 6) is 1.53. The van der Waals surface area contributed by atoms with Gasteiger partial charge in [0.25, 0.3) is 0 Å². The molecule has 1 amide bonds. The maximum atomic E-state index is 12.7. The summed E-state index contributed by atoms with van der Waals surface area (Å²) in [7, 11) is 5.15. The minimum atomic E-state index is -0.293. The number of anilines is 1. The van der Waals surface area contributed by atoms with Gasteiger partial charge in [0, 0.05) is 37.0 Å². The van der Waals surface area contributed by atoms with Gasteiger partial charge in [0.2, 0.25) is 5.91 Å². The van der Waals surface area contributed by atoms with Gasteiger partial charge in [-0.25, -0.2) is 0 Å². The normalized spacial score (nSPS) is 16.5. The van der Waals surface area contributed by atoms with Gasteiger partial charge in [0.05, 0.1) is 14.2 Å². The molecule has 1 unspecified atom stereocenters. The molecule has 0 aromatic heterocycles. The van der Waals surface area contributed by atoms with Gasteiger partial charge in [-0.1, -0.05) is 19.3 Å². The second-order valence-electron chi connectivity index (χ2n) is 6.21. The molecule has 5 heteroatoms. The molecule has 1 atom stereocenters. The molecular weight excluding hydrogens is 292 g/mol. The lowest BCUT2D eigenvalue weighted by atomic mass is 9.94. The van der Waals surface area contributed by atoms with Crippen LogP contribution in [0.15, 0.2) is 18.2 Å². The molecular formula is C18H28N2O3. The van der Waals surface area contributed by atoms with Crippen LogP contribution in [-0.2, 0) is 4.79 Å². The number of benzene rings is 1. The first-order valence-electron chi connectivity index (χ1n) is 8.31. The lowest BCUT2D eigenvalue weighted by Crippen LogP contribution is -2.45. The average molecular weight is 320 g/mol. The summed E-state index contributed by atoms with van der Waals surface area (Å²) in [5.41, 5.74) is 0.819. The molecule has 0 saturated heterocycles. The van der Waals surface area contributed by atoms with Crippen LogP contribution in [-0.4, -0.2) is 44.2 Å². The molecule has 5 nitrogen and oxygen atoms in total. The second kappa shape index (κ2) is 8.09. The first-order valence-corrected chi connectivity index (χ1v) is 8.31. The Morgan fingerprint density at radius 3 is 2.22 bits per heavy atom. The molecule has 1 N–H and O–H groups in total. The topological polar surface area (TPSA) is 50.8 Å². The van der Waals surface area contributed by atoms with E-state index in [0.717, 1.165) is 18.5 Å². The van der Waals surface area contributed by atoms with E-state index in [9.17, 15) is 4.79 Å². The van der Waals surface area contributed by atoms with Crippen molar-refractivity contribution in [2.45, 2.75) is 51.1 Å². The third kappa shape index (κ3) is 4.53. The molecule has 0 heterocycles.